The van der Waals surface area contributed by atoms with Gasteiger partial charge in [-0.15, -0.1) is 0 Å². The third-order valence-corrected chi connectivity index (χ3v) is 3.76. The fraction of sp³-hybridized carbons (Fsp3) is 0.667. The molecule has 1 aromatic heterocycles. The first kappa shape index (κ1) is 15.5. The molecule has 1 aliphatic rings. The average Bonchev–Trinajstić information content (AvgIpc) is 2.95. The molecule has 0 radical (unpaired) electrons. The first-order chi connectivity index (χ1) is 10.2. The maximum atomic E-state index is 12.5. The van der Waals surface area contributed by atoms with Crippen LogP contribution in [-0.2, 0) is 11.3 Å². The van der Waals surface area contributed by atoms with E-state index in [0.29, 0.717) is 25.2 Å². The van der Waals surface area contributed by atoms with Gasteiger partial charge in [-0.25, -0.2) is 0 Å². The largest absolute Gasteiger partial charge is 0.356 e. The molecule has 1 N–H and O–H groups in total. The SMILES string of the molecule is CCn1ccc(C(=O)N2CCCCCCNC(=O)CC2)n1. The molecule has 0 atom stereocenters. The minimum atomic E-state index is -0.0748. The number of aryl methyl sites for hydroxylation is 1. The third kappa shape index (κ3) is 4.58. The number of carbonyl (C=O) groups excluding carboxylic acids is 2. The fourth-order valence-corrected chi connectivity index (χ4v) is 2.46. The van der Waals surface area contributed by atoms with Crippen molar-refractivity contribution in [2.75, 3.05) is 19.6 Å². The van der Waals surface area contributed by atoms with E-state index in [1.165, 1.54) is 0 Å². The number of amides is 2. The van der Waals surface area contributed by atoms with Gasteiger partial charge in [-0.2, -0.15) is 5.10 Å². The lowest BCUT2D eigenvalue weighted by Crippen LogP contribution is -2.36. The lowest BCUT2D eigenvalue weighted by molar-refractivity contribution is -0.121. The summed E-state index contributed by atoms with van der Waals surface area (Å²) in [5, 5.41) is 7.16. The Labute approximate surface area is 125 Å². The first-order valence-corrected chi connectivity index (χ1v) is 7.80. The molecule has 0 unspecified atom stereocenters. The molecular formula is C15H24N4O2. The topological polar surface area (TPSA) is 67.2 Å². The van der Waals surface area contributed by atoms with Gasteiger partial charge >= 0.3 is 0 Å². The number of carbonyl (C=O) groups is 2. The van der Waals surface area contributed by atoms with Crippen molar-refractivity contribution >= 4 is 11.8 Å². The van der Waals surface area contributed by atoms with Crippen molar-refractivity contribution < 1.29 is 9.59 Å². The third-order valence-electron chi connectivity index (χ3n) is 3.76. The first-order valence-electron chi connectivity index (χ1n) is 7.80. The van der Waals surface area contributed by atoms with Crippen molar-refractivity contribution in [3.8, 4) is 0 Å². The lowest BCUT2D eigenvalue weighted by atomic mass is 10.2. The van der Waals surface area contributed by atoms with E-state index in [0.717, 1.165) is 38.8 Å². The van der Waals surface area contributed by atoms with Crippen LogP contribution in [0.3, 0.4) is 0 Å². The number of hydrogen-bond donors (Lipinski definition) is 1. The monoisotopic (exact) mass is 292 g/mol. The van der Waals surface area contributed by atoms with E-state index in [4.69, 9.17) is 0 Å². The van der Waals surface area contributed by atoms with Crippen LogP contribution in [0.1, 0.15) is 49.5 Å². The molecule has 21 heavy (non-hydrogen) atoms. The van der Waals surface area contributed by atoms with Gasteiger partial charge in [0.2, 0.25) is 5.91 Å². The van der Waals surface area contributed by atoms with Gasteiger partial charge in [-0.3, -0.25) is 14.3 Å². The van der Waals surface area contributed by atoms with E-state index in [9.17, 15) is 9.59 Å². The van der Waals surface area contributed by atoms with Crippen LogP contribution < -0.4 is 5.32 Å². The molecule has 0 saturated carbocycles. The summed E-state index contributed by atoms with van der Waals surface area (Å²) in [6, 6.07) is 1.75. The molecule has 6 heteroatoms. The Morgan fingerprint density at radius 3 is 2.86 bits per heavy atom. The summed E-state index contributed by atoms with van der Waals surface area (Å²) in [6.07, 6.45) is 6.34. The standard InChI is InChI=1S/C15H24N4O2/c1-2-19-12-7-13(17-19)15(21)18-10-6-4-3-5-9-16-14(20)8-11-18/h7,12H,2-6,8-11H2,1H3,(H,16,20). The van der Waals surface area contributed by atoms with Gasteiger partial charge in [0.15, 0.2) is 0 Å². The van der Waals surface area contributed by atoms with Gasteiger partial charge in [0, 0.05) is 38.8 Å². The average molecular weight is 292 g/mol. The Morgan fingerprint density at radius 2 is 2.10 bits per heavy atom. The second kappa shape index (κ2) is 7.81. The van der Waals surface area contributed by atoms with Crippen LogP contribution in [0, 0.1) is 0 Å². The molecule has 0 bridgehead atoms. The van der Waals surface area contributed by atoms with E-state index in [1.807, 2.05) is 13.1 Å². The van der Waals surface area contributed by atoms with Crippen molar-refractivity contribution in [2.45, 2.75) is 45.6 Å². The van der Waals surface area contributed by atoms with Crippen molar-refractivity contribution in [2.24, 2.45) is 0 Å². The van der Waals surface area contributed by atoms with Crippen LogP contribution in [-0.4, -0.2) is 46.1 Å². The molecule has 2 amide bonds. The number of aromatic nitrogens is 2. The number of rotatable bonds is 2. The molecule has 2 rings (SSSR count). The number of nitrogens with zero attached hydrogens (tertiary/aromatic N) is 3. The maximum absolute atomic E-state index is 12.5. The van der Waals surface area contributed by atoms with Crippen LogP contribution in [0.4, 0.5) is 0 Å². The Hall–Kier alpha value is -1.85. The summed E-state index contributed by atoms with van der Waals surface area (Å²) < 4.78 is 1.74. The Morgan fingerprint density at radius 1 is 1.29 bits per heavy atom. The number of nitrogens with one attached hydrogen (secondary N) is 1. The zero-order valence-corrected chi connectivity index (χ0v) is 12.7. The molecular weight excluding hydrogens is 268 g/mol. The zero-order chi connectivity index (χ0) is 15.1. The van der Waals surface area contributed by atoms with Gasteiger partial charge < -0.3 is 10.2 Å². The molecule has 116 valence electrons. The molecule has 1 saturated heterocycles. The van der Waals surface area contributed by atoms with Crippen LogP contribution >= 0.6 is 0 Å². The highest BCUT2D eigenvalue weighted by molar-refractivity contribution is 5.92. The number of hydrogen-bond acceptors (Lipinski definition) is 3. The van der Waals surface area contributed by atoms with Crippen LogP contribution in [0.25, 0.3) is 0 Å². The van der Waals surface area contributed by atoms with E-state index in [2.05, 4.69) is 10.4 Å². The van der Waals surface area contributed by atoms with E-state index >= 15 is 0 Å². The maximum Gasteiger partial charge on any atom is 0.274 e. The molecule has 1 aromatic rings. The second-order valence-electron chi connectivity index (χ2n) is 5.36. The molecule has 2 heterocycles. The van der Waals surface area contributed by atoms with Gasteiger partial charge in [-0.1, -0.05) is 12.8 Å². The van der Waals surface area contributed by atoms with Gasteiger partial charge in [0.05, 0.1) is 0 Å². The summed E-state index contributed by atoms with van der Waals surface area (Å²) in [4.78, 5) is 26.0. The van der Waals surface area contributed by atoms with E-state index < -0.39 is 0 Å². The predicted molar refractivity (Wildman–Crippen MR) is 79.9 cm³/mol. The minimum Gasteiger partial charge on any atom is -0.356 e. The minimum absolute atomic E-state index is 0.0220. The normalized spacial score (nSPS) is 18.0. The van der Waals surface area contributed by atoms with Crippen LogP contribution in [0.2, 0.25) is 0 Å². The summed E-state index contributed by atoms with van der Waals surface area (Å²) in [7, 11) is 0. The summed E-state index contributed by atoms with van der Waals surface area (Å²) in [6.45, 7) is 4.64. The molecule has 6 nitrogen and oxygen atoms in total. The van der Waals surface area contributed by atoms with Gasteiger partial charge in [0.25, 0.3) is 5.91 Å². The van der Waals surface area contributed by atoms with Crippen LogP contribution in [0.5, 0.6) is 0 Å². The highest BCUT2D eigenvalue weighted by Crippen LogP contribution is 2.08. The Kier molecular flexibility index (Phi) is 5.78. The molecule has 0 aromatic carbocycles. The molecule has 1 fully saturated rings. The van der Waals surface area contributed by atoms with E-state index in [-0.39, 0.29) is 11.8 Å². The van der Waals surface area contributed by atoms with Crippen molar-refractivity contribution in [1.29, 1.82) is 0 Å². The second-order valence-corrected chi connectivity index (χ2v) is 5.36. The Bertz CT molecular complexity index is 484. The lowest BCUT2D eigenvalue weighted by Gasteiger charge is -2.21. The highest BCUT2D eigenvalue weighted by atomic mass is 16.2. The smallest absolute Gasteiger partial charge is 0.274 e. The van der Waals surface area contributed by atoms with Crippen molar-refractivity contribution in [3.63, 3.8) is 0 Å². The fourth-order valence-electron chi connectivity index (χ4n) is 2.46. The summed E-state index contributed by atoms with van der Waals surface area (Å²) in [5.74, 6) is -0.0527. The molecule has 0 spiro atoms. The van der Waals surface area contributed by atoms with E-state index in [1.54, 1.807) is 15.6 Å². The highest BCUT2D eigenvalue weighted by Gasteiger charge is 2.19. The predicted octanol–water partition coefficient (Wildman–Crippen LogP) is 1.43. The van der Waals surface area contributed by atoms with Crippen molar-refractivity contribution in [3.05, 3.63) is 18.0 Å². The Balaban J connectivity index is 2.02. The van der Waals surface area contributed by atoms with Gasteiger partial charge in [0.1, 0.15) is 5.69 Å². The summed E-state index contributed by atoms with van der Waals surface area (Å²) >= 11 is 0. The molecule has 1 aliphatic heterocycles. The van der Waals surface area contributed by atoms with Crippen LogP contribution in [0.15, 0.2) is 12.3 Å². The van der Waals surface area contributed by atoms with Gasteiger partial charge in [-0.05, 0) is 25.8 Å². The zero-order valence-electron chi connectivity index (χ0n) is 12.7. The molecule has 0 aliphatic carbocycles. The quantitative estimate of drug-likeness (QED) is 0.896. The summed E-state index contributed by atoms with van der Waals surface area (Å²) in [5.41, 5.74) is 0.465. The van der Waals surface area contributed by atoms with Crippen molar-refractivity contribution in [1.82, 2.24) is 20.0 Å².